The van der Waals surface area contributed by atoms with E-state index in [2.05, 4.69) is 89.7 Å². The molecule has 4 fully saturated rings. The monoisotopic (exact) mass is 1940 g/mol. The molecule has 4 aliphatic heterocycles. The van der Waals surface area contributed by atoms with Gasteiger partial charge in [0.05, 0.1) is 19.0 Å². The number of carboxylic acids is 1. The summed E-state index contributed by atoms with van der Waals surface area (Å²) in [6.45, 7) is 9.49. The van der Waals surface area contributed by atoms with Gasteiger partial charge < -0.3 is 138 Å². The van der Waals surface area contributed by atoms with E-state index in [1.807, 2.05) is 0 Å². The van der Waals surface area contributed by atoms with Crippen molar-refractivity contribution in [1.29, 1.82) is 16.2 Å². The second-order valence-electron chi connectivity index (χ2n) is 34.6. The van der Waals surface area contributed by atoms with Gasteiger partial charge in [-0.3, -0.25) is 92.9 Å². The number of thioether (sulfide) groups is 1. The van der Waals surface area contributed by atoms with Crippen LogP contribution in [0.25, 0.3) is 0 Å². The van der Waals surface area contributed by atoms with Crippen LogP contribution in [-0.4, -0.2) is 319 Å². The number of hydrogen-bond donors (Lipinski definition) is 26. The van der Waals surface area contributed by atoms with Crippen molar-refractivity contribution in [2.24, 2.45) is 46.4 Å². The van der Waals surface area contributed by atoms with Crippen LogP contribution in [0, 0.1) is 34.0 Å². The molecular formula is C84H136N28O19S3. The Labute approximate surface area is 790 Å². The van der Waals surface area contributed by atoms with Gasteiger partial charge in [-0.1, -0.05) is 93.5 Å². The standard InChI is InChI=1S/C84H136N28O19S3/c1-44(2)35-55-71(120)101-53(25-26-64(86)114)69(118)99-50(19-11-28-94-82(87)88)67(116)98-51(20-12-29-95-83(89)90)68(117)108-60(42-134-133-41-49(85)66(115)103-55)75(124)102-54(27-34-132-7)78(127)110-31-14-22-61(110)76(125)105-56(36-45(3)4)72(121)104-57(38-48-39-93-43-97-48)73(122)107-59(40-113)74(123)100-52(21-13-30-96-84(91)92)70(119)109-65(46(5)6)80(129)111-32-15-23-62(111)77(126)106-58(37-47-17-9-8-10-18-47)79(128)112-33-16-24-63(112)81(130)131/h8-10,17-18,39,43-46,49-63,65,113H,11-16,19-38,40-42,85H2,1-7H3,(H2,86,114)(H,93,97)(H,98,116)(H,99,118)(H,100,123)(H,101,120)(H,102,124)(H,103,115)(H,104,121)(H,105,125)(H,106,126)(H,107,122)(H,108,117)(H,109,119)(H,130,131)(H4,87,88,94)(H4,89,90,95)(H4,91,92,96)/t49-,50-,51-,52-,53-,54-,55-,56-,57-,58-,59-,60-,61-,62-,63-,65-/m0/s1. The third-order valence-electron chi connectivity index (χ3n) is 22.7. The number of carbonyl (C=O) groups is 17. The van der Waals surface area contributed by atoms with Gasteiger partial charge in [0.1, 0.15) is 90.6 Å². The molecule has 0 radical (unpaired) electrons. The van der Waals surface area contributed by atoms with Gasteiger partial charge in [-0.05, 0) is 138 Å². The predicted molar refractivity (Wildman–Crippen MR) is 500 cm³/mol. The Hall–Kier alpha value is -11.8. The molecule has 744 valence electrons. The summed E-state index contributed by atoms with van der Waals surface area (Å²) < 4.78 is 0. The zero-order chi connectivity index (χ0) is 99.0. The lowest BCUT2D eigenvalue weighted by Gasteiger charge is -2.33. The Kier molecular flexibility index (Phi) is 46.7. The van der Waals surface area contributed by atoms with E-state index in [-0.39, 0.29) is 171 Å². The van der Waals surface area contributed by atoms with Crippen molar-refractivity contribution in [3.8, 4) is 0 Å². The van der Waals surface area contributed by atoms with Crippen LogP contribution in [0.5, 0.6) is 0 Å². The smallest absolute Gasteiger partial charge is 0.326 e. The molecule has 0 aliphatic carbocycles. The highest BCUT2D eigenvalue weighted by Gasteiger charge is 2.46. The minimum absolute atomic E-state index is 0.00640. The number of hydrogen-bond acceptors (Lipinski definition) is 26. The van der Waals surface area contributed by atoms with Gasteiger partial charge in [0.15, 0.2) is 17.9 Å². The van der Waals surface area contributed by atoms with Crippen molar-refractivity contribution >= 4 is 152 Å². The number of carbonyl (C=O) groups excluding carboxylic acids is 16. The number of nitrogens with zero attached hydrogens (tertiary/aromatic N) is 4. The fourth-order valence-electron chi connectivity index (χ4n) is 15.6. The minimum atomic E-state index is -1.85. The highest BCUT2D eigenvalue weighted by atomic mass is 33.1. The molecule has 4 saturated heterocycles. The molecule has 31 N–H and O–H groups in total. The number of carboxylic acid groups (broad SMARTS) is 1. The molecular weight excluding hydrogens is 1800 g/mol. The molecule has 5 heterocycles. The van der Waals surface area contributed by atoms with Crippen LogP contribution in [0.15, 0.2) is 42.9 Å². The molecule has 16 amide bonds. The molecule has 4 aliphatic rings. The van der Waals surface area contributed by atoms with Crippen molar-refractivity contribution in [3.63, 3.8) is 0 Å². The number of nitrogens with two attached hydrogens (primary N) is 5. The number of rotatable bonds is 46. The number of aliphatic hydroxyl groups excluding tert-OH is 1. The summed E-state index contributed by atoms with van der Waals surface area (Å²) in [6, 6.07) is -13.8. The summed E-state index contributed by atoms with van der Waals surface area (Å²) in [4.78, 5) is 255. The zero-order valence-electron chi connectivity index (χ0n) is 76.8. The Bertz CT molecular complexity index is 4370. The molecule has 16 atom stereocenters. The minimum Gasteiger partial charge on any atom is -0.480 e. The molecule has 0 spiro atoms. The molecule has 47 nitrogen and oxygen atoms in total. The van der Waals surface area contributed by atoms with Crippen molar-refractivity contribution < 1.29 is 91.7 Å². The SMILES string of the molecule is CSCC[C@H](NC(=O)[C@@H]1CSSC[C@H](N)C(=O)N[C@@H](CC(C)C)C(=O)N[C@@H](CCC(N)=O)C(=O)N[C@@H](CCCNC(=N)N)C(=O)N[C@@H](CCCNC(=N)N)C(=O)N1)C(=O)N1CCC[C@H]1C(=O)N[C@@H](CC(C)C)C(=O)N[C@@H](Cc1cnc[nH]1)C(=O)N[C@@H](CO)C(=O)N[C@@H](CCCNC(=N)N)C(=O)N[C@H](C(=O)N1CCC[C@H]1C(=O)N[C@@H](Cc1ccccc1)C(=O)N1CCC[C@H]1C(=O)O)C(C)C. The van der Waals surface area contributed by atoms with E-state index in [0.29, 0.717) is 24.1 Å². The first-order valence-corrected chi connectivity index (χ1v) is 48.9. The summed E-state index contributed by atoms with van der Waals surface area (Å²) in [5.41, 5.74) is 29.6. The number of aliphatic hydroxyl groups is 1. The van der Waals surface area contributed by atoms with Crippen LogP contribution in [0.1, 0.15) is 162 Å². The number of benzene rings is 1. The van der Waals surface area contributed by atoms with E-state index in [4.69, 9.17) is 44.9 Å². The first-order valence-electron chi connectivity index (χ1n) is 45.0. The molecule has 0 bridgehead atoms. The second-order valence-corrected chi connectivity index (χ2v) is 38.2. The van der Waals surface area contributed by atoms with Gasteiger partial charge in [0.25, 0.3) is 0 Å². The number of likely N-dealkylation sites (tertiary alicyclic amines) is 3. The average molecular weight is 1940 g/mol. The highest BCUT2D eigenvalue weighted by molar-refractivity contribution is 8.76. The van der Waals surface area contributed by atoms with E-state index < -0.39 is 234 Å². The summed E-state index contributed by atoms with van der Waals surface area (Å²) >= 11 is 1.32. The Morgan fingerprint density at radius 1 is 0.522 bits per heavy atom. The number of imidazole rings is 1. The largest absolute Gasteiger partial charge is 0.480 e. The Balaban J connectivity index is 1.22. The van der Waals surface area contributed by atoms with Crippen molar-refractivity contribution in [1.82, 2.24) is 104 Å². The van der Waals surface area contributed by atoms with Crippen LogP contribution < -0.4 is 108 Å². The number of amides is 16. The lowest BCUT2D eigenvalue weighted by atomic mass is 10.00. The highest BCUT2D eigenvalue weighted by Crippen LogP contribution is 2.28. The molecule has 0 saturated carbocycles. The molecule has 2 aromatic rings. The van der Waals surface area contributed by atoms with E-state index in [1.54, 1.807) is 78.1 Å². The molecule has 0 unspecified atom stereocenters. The van der Waals surface area contributed by atoms with E-state index in [0.717, 1.165) is 21.6 Å². The fourth-order valence-corrected chi connectivity index (χ4v) is 18.4. The maximum absolute atomic E-state index is 15.2. The Morgan fingerprint density at radius 2 is 0.993 bits per heavy atom. The summed E-state index contributed by atoms with van der Waals surface area (Å²) in [5.74, 6) is -17.5. The molecule has 1 aromatic carbocycles. The number of aliphatic carboxylic acids is 1. The average Bonchev–Trinajstić information content (AvgIpc) is 1.64. The number of primary amides is 1. The van der Waals surface area contributed by atoms with Crippen LogP contribution in [0.2, 0.25) is 0 Å². The summed E-state index contributed by atoms with van der Waals surface area (Å²) in [6.07, 6.45) is 4.38. The van der Waals surface area contributed by atoms with Gasteiger partial charge in [0, 0.05) is 81.9 Å². The summed E-state index contributed by atoms with van der Waals surface area (Å²) in [7, 11) is 2.00. The van der Waals surface area contributed by atoms with E-state index in [1.165, 1.54) is 39.0 Å². The van der Waals surface area contributed by atoms with Crippen molar-refractivity contribution in [2.45, 2.75) is 260 Å². The molecule has 1 aromatic heterocycles. The fraction of sp³-hybridized carbons (Fsp3) is 0.655. The number of nitrogens with one attached hydrogen (secondary N) is 19. The molecule has 134 heavy (non-hydrogen) atoms. The normalized spacial score (nSPS) is 21.4. The van der Waals surface area contributed by atoms with Crippen LogP contribution in [-0.2, 0) is 94.3 Å². The zero-order valence-corrected chi connectivity index (χ0v) is 79.2. The maximum atomic E-state index is 15.2. The predicted octanol–water partition coefficient (Wildman–Crippen LogP) is -5.66. The van der Waals surface area contributed by atoms with Crippen LogP contribution in [0.4, 0.5) is 0 Å². The number of aromatic amines is 1. The first-order chi connectivity index (χ1) is 63.6. The quantitative estimate of drug-likeness (QED) is 0.0127. The van der Waals surface area contributed by atoms with Crippen molar-refractivity contribution in [3.05, 3.63) is 54.1 Å². The lowest BCUT2D eigenvalue weighted by molar-refractivity contribution is -0.150. The third kappa shape index (κ3) is 36.5. The number of aromatic nitrogens is 2. The molecule has 50 heteroatoms. The van der Waals surface area contributed by atoms with Gasteiger partial charge >= 0.3 is 5.97 Å². The third-order valence-corrected chi connectivity index (χ3v) is 25.8. The van der Waals surface area contributed by atoms with Crippen molar-refractivity contribution in [2.75, 3.05) is 69.4 Å². The van der Waals surface area contributed by atoms with Gasteiger partial charge in [-0.15, -0.1) is 0 Å². The molecule has 6 rings (SSSR count). The van der Waals surface area contributed by atoms with Crippen LogP contribution in [0.3, 0.4) is 0 Å². The second kappa shape index (κ2) is 56.4. The van der Waals surface area contributed by atoms with E-state index >= 15 is 9.59 Å². The Morgan fingerprint density at radius 3 is 1.51 bits per heavy atom. The van der Waals surface area contributed by atoms with Gasteiger partial charge in [-0.2, -0.15) is 11.8 Å². The number of guanidine groups is 3. The van der Waals surface area contributed by atoms with Gasteiger partial charge in [0.2, 0.25) is 94.5 Å². The van der Waals surface area contributed by atoms with Gasteiger partial charge in [-0.25, -0.2) is 9.78 Å². The lowest BCUT2D eigenvalue weighted by Crippen LogP contribution is -2.62. The van der Waals surface area contributed by atoms with E-state index in [9.17, 15) is 82.1 Å². The number of H-pyrrole nitrogens is 1. The van der Waals surface area contributed by atoms with Crippen LogP contribution >= 0.6 is 33.3 Å². The topological polar surface area (TPSA) is 751 Å². The summed E-state index contributed by atoms with van der Waals surface area (Å²) in [5, 5.41) is 83.9. The first kappa shape index (κ1) is 111. The maximum Gasteiger partial charge on any atom is 0.326 e.